The molecule has 21 heavy (non-hydrogen) atoms. The number of anilines is 3. The van der Waals surface area contributed by atoms with E-state index in [9.17, 15) is 0 Å². The van der Waals surface area contributed by atoms with Crippen molar-refractivity contribution in [3.8, 4) is 0 Å². The first kappa shape index (κ1) is 13.3. The fraction of sp³-hybridized carbons (Fsp3) is 0.0769. The number of nitrogen functional groups attached to an aromatic ring is 2. The quantitative estimate of drug-likeness (QED) is 0.676. The summed E-state index contributed by atoms with van der Waals surface area (Å²) in [5.41, 5.74) is 13.8. The lowest BCUT2D eigenvalue weighted by atomic mass is 10.3. The second kappa shape index (κ2) is 5.37. The summed E-state index contributed by atoms with van der Waals surface area (Å²) < 4.78 is 0. The topological polar surface area (TPSA) is 116 Å². The molecule has 0 unspecified atom stereocenters. The second-order valence-corrected chi connectivity index (χ2v) is 4.80. The van der Waals surface area contributed by atoms with Crippen molar-refractivity contribution in [2.75, 3.05) is 16.8 Å². The van der Waals surface area contributed by atoms with E-state index < -0.39 is 0 Å². The third-order valence-corrected chi connectivity index (χ3v) is 3.07. The summed E-state index contributed by atoms with van der Waals surface area (Å²) in [6.45, 7) is 0.494. The van der Waals surface area contributed by atoms with Crippen LogP contribution in [0.15, 0.2) is 30.5 Å². The van der Waals surface area contributed by atoms with E-state index in [-0.39, 0.29) is 11.8 Å². The first-order chi connectivity index (χ1) is 10.1. The molecular formula is C13H12ClN7. The van der Waals surface area contributed by atoms with Gasteiger partial charge in [-0.15, -0.1) is 0 Å². The highest BCUT2D eigenvalue weighted by molar-refractivity contribution is 6.30. The largest absolute Gasteiger partial charge is 0.382 e. The third kappa shape index (κ3) is 2.92. The van der Waals surface area contributed by atoms with Gasteiger partial charge in [0, 0.05) is 10.7 Å². The predicted octanol–water partition coefficient (Wildman–Crippen LogP) is 1.85. The Morgan fingerprint density at radius 1 is 1.05 bits per heavy atom. The maximum Gasteiger partial charge on any atom is 0.224 e. The van der Waals surface area contributed by atoms with E-state index in [2.05, 4.69) is 25.3 Å². The van der Waals surface area contributed by atoms with Gasteiger partial charge < -0.3 is 16.8 Å². The zero-order valence-electron chi connectivity index (χ0n) is 10.9. The van der Waals surface area contributed by atoms with E-state index >= 15 is 0 Å². The van der Waals surface area contributed by atoms with Gasteiger partial charge in [0.25, 0.3) is 0 Å². The molecule has 2 heterocycles. The van der Waals surface area contributed by atoms with Gasteiger partial charge in [-0.1, -0.05) is 11.6 Å². The van der Waals surface area contributed by atoms with Crippen LogP contribution in [0.25, 0.3) is 11.2 Å². The summed E-state index contributed by atoms with van der Waals surface area (Å²) in [4.78, 5) is 16.5. The molecule has 0 bridgehead atoms. The minimum absolute atomic E-state index is 0.0807. The fourth-order valence-electron chi connectivity index (χ4n) is 1.83. The Bertz CT molecular complexity index is 788. The van der Waals surface area contributed by atoms with E-state index in [1.807, 2.05) is 24.3 Å². The lowest BCUT2D eigenvalue weighted by Gasteiger charge is -2.07. The highest BCUT2D eigenvalue weighted by Gasteiger charge is 2.07. The van der Waals surface area contributed by atoms with Gasteiger partial charge in [0.1, 0.15) is 5.52 Å². The number of aromatic nitrogens is 4. The monoisotopic (exact) mass is 301 g/mol. The van der Waals surface area contributed by atoms with Crippen LogP contribution in [-0.2, 0) is 6.54 Å². The minimum Gasteiger partial charge on any atom is -0.382 e. The Morgan fingerprint density at radius 3 is 2.57 bits per heavy atom. The predicted molar refractivity (Wildman–Crippen MR) is 82.7 cm³/mol. The molecule has 106 valence electrons. The molecule has 0 aliphatic heterocycles. The molecule has 0 fully saturated rings. The second-order valence-electron chi connectivity index (χ2n) is 4.36. The van der Waals surface area contributed by atoms with E-state index in [1.165, 1.54) is 0 Å². The molecule has 0 saturated carbocycles. The molecule has 5 N–H and O–H groups in total. The Hall–Kier alpha value is -2.67. The molecule has 0 atom stereocenters. The van der Waals surface area contributed by atoms with Crippen molar-refractivity contribution in [3.05, 3.63) is 41.2 Å². The van der Waals surface area contributed by atoms with Crippen molar-refractivity contribution in [2.24, 2.45) is 0 Å². The van der Waals surface area contributed by atoms with Crippen molar-refractivity contribution in [1.82, 2.24) is 19.9 Å². The number of hydrogen-bond donors (Lipinski definition) is 3. The van der Waals surface area contributed by atoms with Crippen LogP contribution in [0.3, 0.4) is 0 Å². The van der Waals surface area contributed by atoms with Gasteiger partial charge in [0.15, 0.2) is 11.5 Å². The number of nitrogens with two attached hydrogens (primary N) is 2. The van der Waals surface area contributed by atoms with Crippen molar-refractivity contribution >= 4 is 40.2 Å². The molecule has 0 aliphatic carbocycles. The highest BCUT2D eigenvalue weighted by Crippen LogP contribution is 2.16. The van der Waals surface area contributed by atoms with Gasteiger partial charge in [0.2, 0.25) is 5.95 Å². The summed E-state index contributed by atoms with van der Waals surface area (Å²) in [7, 11) is 0. The number of halogens is 1. The summed E-state index contributed by atoms with van der Waals surface area (Å²) in [5, 5.41) is 3.90. The zero-order chi connectivity index (χ0) is 14.8. The van der Waals surface area contributed by atoms with Crippen molar-refractivity contribution in [2.45, 2.75) is 6.54 Å². The molecular weight excluding hydrogens is 290 g/mol. The minimum atomic E-state index is 0.0807. The maximum atomic E-state index is 5.84. The standard InChI is InChI=1S/C13H12ClN7/c14-7-1-3-8(4-2-7)17-5-9-6-18-10-11(15)20-13(16)21-12(10)19-9/h1-4,6,17H,5H2,(H4,15,16,19,20,21). The van der Waals surface area contributed by atoms with Gasteiger partial charge in [-0.05, 0) is 24.3 Å². The molecule has 2 aromatic heterocycles. The molecule has 0 saturated heterocycles. The van der Waals surface area contributed by atoms with Gasteiger partial charge in [-0.25, -0.2) is 9.97 Å². The molecule has 7 nitrogen and oxygen atoms in total. The van der Waals surface area contributed by atoms with Gasteiger partial charge in [0.05, 0.1) is 18.4 Å². The number of benzene rings is 1. The lowest BCUT2D eigenvalue weighted by molar-refractivity contribution is 1.02. The Balaban J connectivity index is 1.82. The SMILES string of the molecule is Nc1nc(N)c2ncc(CNc3ccc(Cl)cc3)nc2n1. The van der Waals surface area contributed by atoms with Crippen LogP contribution < -0.4 is 16.8 Å². The van der Waals surface area contributed by atoms with Crippen LogP contribution in [0, 0.1) is 0 Å². The molecule has 0 aliphatic rings. The van der Waals surface area contributed by atoms with Crippen molar-refractivity contribution in [3.63, 3.8) is 0 Å². The van der Waals surface area contributed by atoms with Crippen LogP contribution >= 0.6 is 11.6 Å². The lowest BCUT2D eigenvalue weighted by Crippen LogP contribution is -2.06. The first-order valence-electron chi connectivity index (χ1n) is 6.16. The number of nitrogens with one attached hydrogen (secondary N) is 1. The van der Waals surface area contributed by atoms with Crippen LogP contribution in [0.5, 0.6) is 0 Å². The molecule has 3 aromatic rings. The molecule has 1 aromatic carbocycles. The van der Waals surface area contributed by atoms with Crippen LogP contribution in [0.1, 0.15) is 5.69 Å². The van der Waals surface area contributed by atoms with Crippen LogP contribution in [0.4, 0.5) is 17.5 Å². The molecule has 0 spiro atoms. The van der Waals surface area contributed by atoms with E-state index in [4.69, 9.17) is 23.1 Å². The first-order valence-corrected chi connectivity index (χ1v) is 6.53. The highest BCUT2D eigenvalue weighted by atomic mass is 35.5. The maximum absolute atomic E-state index is 5.84. The molecule has 8 heteroatoms. The smallest absolute Gasteiger partial charge is 0.224 e. The van der Waals surface area contributed by atoms with E-state index in [0.717, 1.165) is 11.4 Å². The number of rotatable bonds is 3. The third-order valence-electron chi connectivity index (χ3n) is 2.82. The molecule has 3 rings (SSSR count). The van der Waals surface area contributed by atoms with Crippen molar-refractivity contribution in [1.29, 1.82) is 0 Å². The van der Waals surface area contributed by atoms with Crippen LogP contribution in [0.2, 0.25) is 5.02 Å². The summed E-state index contributed by atoms with van der Waals surface area (Å²) in [5.74, 6) is 0.305. The number of hydrogen-bond acceptors (Lipinski definition) is 7. The average Bonchev–Trinajstić information content (AvgIpc) is 2.46. The number of nitrogens with zero attached hydrogens (tertiary/aromatic N) is 4. The Kier molecular flexibility index (Phi) is 3.41. The fourth-order valence-corrected chi connectivity index (χ4v) is 1.95. The van der Waals surface area contributed by atoms with Gasteiger partial charge in [-0.3, -0.25) is 0 Å². The molecule has 0 radical (unpaired) electrons. The summed E-state index contributed by atoms with van der Waals surface area (Å²) in [6.07, 6.45) is 1.63. The molecule has 0 amide bonds. The average molecular weight is 302 g/mol. The van der Waals surface area contributed by atoms with Gasteiger partial charge in [-0.2, -0.15) is 9.97 Å². The summed E-state index contributed by atoms with van der Waals surface area (Å²) in [6, 6.07) is 7.39. The van der Waals surface area contributed by atoms with E-state index in [1.54, 1.807) is 6.20 Å². The number of fused-ring (bicyclic) bond motifs is 1. The van der Waals surface area contributed by atoms with Crippen LogP contribution in [-0.4, -0.2) is 19.9 Å². The Labute approximate surface area is 125 Å². The van der Waals surface area contributed by atoms with Crippen molar-refractivity contribution < 1.29 is 0 Å². The summed E-state index contributed by atoms with van der Waals surface area (Å²) >= 11 is 5.84. The van der Waals surface area contributed by atoms with E-state index in [0.29, 0.717) is 22.7 Å². The van der Waals surface area contributed by atoms with Gasteiger partial charge >= 0.3 is 0 Å². The Morgan fingerprint density at radius 2 is 1.81 bits per heavy atom. The zero-order valence-corrected chi connectivity index (χ0v) is 11.7. The normalized spacial score (nSPS) is 10.7.